The Morgan fingerprint density at radius 3 is 2.26 bits per heavy atom. The summed E-state index contributed by atoms with van der Waals surface area (Å²) in [5, 5.41) is 4.43. The molecule has 0 radical (unpaired) electrons. The topological polar surface area (TPSA) is 21.3 Å². The first kappa shape index (κ1) is 19.5. The zero-order chi connectivity index (χ0) is 18.9. The number of para-hydroxylation sites is 1. The van der Waals surface area contributed by atoms with E-state index in [0.29, 0.717) is 12.6 Å². The lowest BCUT2D eigenvalue weighted by Crippen LogP contribution is -2.21. The zero-order valence-electron chi connectivity index (χ0n) is 15.7. The maximum Gasteiger partial charge on any atom is 0.124 e. The third kappa shape index (κ3) is 5.59. The van der Waals surface area contributed by atoms with Gasteiger partial charge in [-0.25, -0.2) is 0 Å². The van der Waals surface area contributed by atoms with Crippen LogP contribution in [-0.4, -0.2) is 0 Å². The largest absolute Gasteiger partial charge is 0.489 e. The number of benzene rings is 3. The Hall–Kier alpha value is -2.29. The molecular formula is C24H26ClNO. The van der Waals surface area contributed by atoms with Gasteiger partial charge in [0.05, 0.1) is 0 Å². The standard InChI is InChI=1S/C24H26ClNO/c1-2-10-23(19-11-4-3-5-12-19)26-17-20-13-7-9-16-24(20)27-18-21-14-6-8-15-22(21)25/h3-9,11-16,23,26H,2,10,17-18H2,1H3. The van der Waals surface area contributed by atoms with E-state index in [0.717, 1.165) is 41.3 Å². The third-order valence-electron chi connectivity index (χ3n) is 4.63. The van der Waals surface area contributed by atoms with Gasteiger partial charge in [-0.15, -0.1) is 0 Å². The van der Waals surface area contributed by atoms with Crippen LogP contribution in [0.3, 0.4) is 0 Å². The summed E-state index contributed by atoms with van der Waals surface area (Å²) in [5.74, 6) is 0.897. The fourth-order valence-corrected chi connectivity index (χ4v) is 3.35. The molecule has 140 valence electrons. The Kier molecular flexibility index (Phi) is 7.32. The first-order valence-corrected chi connectivity index (χ1v) is 9.88. The van der Waals surface area contributed by atoms with Gasteiger partial charge in [-0.1, -0.05) is 91.7 Å². The molecule has 3 heteroatoms. The van der Waals surface area contributed by atoms with Crippen molar-refractivity contribution in [3.05, 3.63) is 101 Å². The minimum absolute atomic E-state index is 0.341. The van der Waals surface area contributed by atoms with Gasteiger partial charge < -0.3 is 10.1 Å². The predicted octanol–water partition coefficient (Wildman–Crippen LogP) is 6.55. The Labute approximate surface area is 167 Å². The molecule has 0 bridgehead atoms. The molecule has 0 saturated carbocycles. The van der Waals surface area contributed by atoms with Crippen LogP contribution in [0.2, 0.25) is 5.02 Å². The quantitative estimate of drug-likeness (QED) is 0.455. The average Bonchev–Trinajstić information content (AvgIpc) is 2.72. The van der Waals surface area contributed by atoms with Crippen molar-refractivity contribution in [1.82, 2.24) is 5.32 Å². The first-order chi connectivity index (χ1) is 13.3. The maximum atomic E-state index is 6.24. The molecule has 0 aliphatic carbocycles. The van der Waals surface area contributed by atoms with Crippen LogP contribution in [0.15, 0.2) is 78.9 Å². The zero-order valence-corrected chi connectivity index (χ0v) is 16.5. The van der Waals surface area contributed by atoms with Crippen molar-refractivity contribution in [1.29, 1.82) is 0 Å². The molecule has 0 amide bonds. The van der Waals surface area contributed by atoms with Gasteiger partial charge in [-0.2, -0.15) is 0 Å². The summed E-state index contributed by atoms with van der Waals surface area (Å²) in [6.07, 6.45) is 2.24. The average molecular weight is 380 g/mol. The van der Waals surface area contributed by atoms with Gasteiger partial charge >= 0.3 is 0 Å². The van der Waals surface area contributed by atoms with Gasteiger partial charge in [-0.05, 0) is 24.1 Å². The highest BCUT2D eigenvalue weighted by atomic mass is 35.5. The summed E-state index contributed by atoms with van der Waals surface area (Å²) < 4.78 is 6.08. The van der Waals surface area contributed by atoms with Crippen molar-refractivity contribution < 1.29 is 4.74 Å². The summed E-state index contributed by atoms with van der Waals surface area (Å²) in [7, 11) is 0. The van der Waals surface area contributed by atoms with Crippen molar-refractivity contribution >= 4 is 11.6 Å². The molecule has 0 spiro atoms. The summed E-state index contributed by atoms with van der Waals surface area (Å²) in [6.45, 7) is 3.45. The molecular weight excluding hydrogens is 354 g/mol. The van der Waals surface area contributed by atoms with Gasteiger partial charge in [-0.3, -0.25) is 0 Å². The van der Waals surface area contributed by atoms with Crippen molar-refractivity contribution in [2.24, 2.45) is 0 Å². The normalized spacial score (nSPS) is 11.9. The highest BCUT2D eigenvalue weighted by Gasteiger charge is 2.11. The maximum absolute atomic E-state index is 6.24. The van der Waals surface area contributed by atoms with E-state index in [2.05, 4.69) is 54.7 Å². The molecule has 0 fully saturated rings. The lowest BCUT2D eigenvalue weighted by molar-refractivity contribution is 0.301. The van der Waals surface area contributed by atoms with E-state index in [1.165, 1.54) is 5.56 Å². The van der Waals surface area contributed by atoms with E-state index in [9.17, 15) is 0 Å². The van der Waals surface area contributed by atoms with Crippen LogP contribution < -0.4 is 10.1 Å². The van der Waals surface area contributed by atoms with E-state index in [-0.39, 0.29) is 0 Å². The van der Waals surface area contributed by atoms with Crippen LogP contribution in [0.5, 0.6) is 5.75 Å². The van der Waals surface area contributed by atoms with Crippen LogP contribution >= 0.6 is 11.6 Å². The van der Waals surface area contributed by atoms with E-state index < -0.39 is 0 Å². The van der Waals surface area contributed by atoms with E-state index >= 15 is 0 Å². The smallest absolute Gasteiger partial charge is 0.124 e. The second kappa shape index (κ2) is 10.1. The van der Waals surface area contributed by atoms with Crippen LogP contribution in [0.25, 0.3) is 0 Å². The summed E-state index contributed by atoms with van der Waals surface area (Å²) >= 11 is 6.24. The van der Waals surface area contributed by atoms with E-state index in [4.69, 9.17) is 16.3 Å². The van der Waals surface area contributed by atoms with E-state index in [1.807, 2.05) is 36.4 Å². The van der Waals surface area contributed by atoms with Gasteiger partial charge in [0.15, 0.2) is 0 Å². The molecule has 3 aromatic carbocycles. The molecule has 0 heterocycles. The minimum atomic E-state index is 0.341. The van der Waals surface area contributed by atoms with Crippen molar-refractivity contribution in [2.75, 3.05) is 0 Å². The molecule has 0 aliphatic heterocycles. The molecule has 2 nitrogen and oxygen atoms in total. The first-order valence-electron chi connectivity index (χ1n) is 9.50. The van der Waals surface area contributed by atoms with Gasteiger partial charge in [0, 0.05) is 28.7 Å². The fraction of sp³-hybridized carbons (Fsp3) is 0.250. The molecule has 0 saturated heterocycles. The SMILES string of the molecule is CCCC(NCc1ccccc1OCc1ccccc1Cl)c1ccccc1. The molecule has 3 aromatic rings. The predicted molar refractivity (Wildman–Crippen MR) is 113 cm³/mol. The minimum Gasteiger partial charge on any atom is -0.489 e. The van der Waals surface area contributed by atoms with Crippen molar-refractivity contribution in [3.8, 4) is 5.75 Å². The monoisotopic (exact) mass is 379 g/mol. The summed E-state index contributed by atoms with van der Waals surface area (Å²) in [6, 6.07) is 27.0. The molecule has 3 rings (SSSR count). The number of ether oxygens (including phenoxy) is 1. The Morgan fingerprint density at radius 1 is 0.852 bits per heavy atom. The number of nitrogens with one attached hydrogen (secondary N) is 1. The van der Waals surface area contributed by atoms with Crippen LogP contribution in [-0.2, 0) is 13.2 Å². The Balaban J connectivity index is 1.67. The number of rotatable bonds is 9. The molecule has 1 unspecified atom stereocenters. The Bertz CT molecular complexity index is 835. The highest BCUT2D eigenvalue weighted by Crippen LogP contribution is 2.24. The summed E-state index contributed by atoms with van der Waals surface area (Å²) in [5.41, 5.74) is 3.48. The van der Waals surface area contributed by atoms with Crippen LogP contribution in [0.1, 0.15) is 42.5 Å². The number of hydrogen-bond acceptors (Lipinski definition) is 2. The van der Waals surface area contributed by atoms with Crippen molar-refractivity contribution in [3.63, 3.8) is 0 Å². The third-order valence-corrected chi connectivity index (χ3v) is 5.00. The second-order valence-electron chi connectivity index (χ2n) is 6.62. The van der Waals surface area contributed by atoms with Crippen LogP contribution in [0.4, 0.5) is 0 Å². The van der Waals surface area contributed by atoms with Crippen LogP contribution in [0, 0.1) is 0 Å². The number of halogens is 1. The second-order valence-corrected chi connectivity index (χ2v) is 7.03. The highest BCUT2D eigenvalue weighted by molar-refractivity contribution is 6.31. The van der Waals surface area contributed by atoms with Gasteiger partial charge in [0.25, 0.3) is 0 Å². The van der Waals surface area contributed by atoms with Gasteiger partial charge in [0.2, 0.25) is 0 Å². The summed E-state index contributed by atoms with van der Waals surface area (Å²) in [4.78, 5) is 0. The lowest BCUT2D eigenvalue weighted by Gasteiger charge is -2.20. The molecule has 0 aliphatic rings. The molecule has 27 heavy (non-hydrogen) atoms. The molecule has 0 aromatic heterocycles. The molecule has 1 atom stereocenters. The fourth-order valence-electron chi connectivity index (χ4n) is 3.16. The van der Waals surface area contributed by atoms with Gasteiger partial charge in [0.1, 0.15) is 12.4 Å². The lowest BCUT2D eigenvalue weighted by atomic mass is 10.0. The molecule has 1 N–H and O–H groups in total. The number of hydrogen-bond donors (Lipinski definition) is 1. The Morgan fingerprint density at radius 2 is 1.52 bits per heavy atom. The van der Waals surface area contributed by atoms with E-state index in [1.54, 1.807) is 0 Å². The van der Waals surface area contributed by atoms with Crippen molar-refractivity contribution in [2.45, 2.75) is 39.0 Å².